The molecule has 0 unspecified atom stereocenters. The van der Waals surface area contributed by atoms with Gasteiger partial charge in [0.2, 0.25) is 5.91 Å². The number of ether oxygens (including phenoxy) is 1. The predicted molar refractivity (Wildman–Crippen MR) is 154 cm³/mol. The zero-order valence-electron chi connectivity index (χ0n) is 21.7. The number of anilines is 1. The smallest absolute Gasteiger partial charge is 0.339 e. The number of rotatable bonds is 8. The first-order valence-corrected chi connectivity index (χ1v) is 13.1. The number of aromatic nitrogens is 2. The summed E-state index contributed by atoms with van der Waals surface area (Å²) in [5, 5.41) is 6.92. The highest BCUT2D eigenvalue weighted by Crippen LogP contribution is 2.40. The summed E-state index contributed by atoms with van der Waals surface area (Å²) in [7, 11) is 1.37. The van der Waals surface area contributed by atoms with Crippen LogP contribution in [0.1, 0.15) is 45.8 Å². The third-order valence-corrected chi connectivity index (χ3v) is 7.12. The molecule has 1 aliphatic rings. The van der Waals surface area contributed by atoms with Gasteiger partial charge in [0.05, 0.1) is 36.1 Å². The zero-order valence-corrected chi connectivity index (χ0v) is 22.5. The van der Waals surface area contributed by atoms with E-state index >= 15 is 0 Å². The van der Waals surface area contributed by atoms with Gasteiger partial charge in [-0.2, -0.15) is 0 Å². The first-order valence-electron chi connectivity index (χ1n) is 12.7. The van der Waals surface area contributed by atoms with E-state index in [1.165, 1.54) is 7.11 Å². The van der Waals surface area contributed by atoms with E-state index in [2.05, 4.69) is 15.6 Å². The zero-order chi connectivity index (χ0) is 27.4. The van der Waals surface area contributed by atoms with Gasteiger partial charge in [0, 0.05) is 36.7 Å². The van der Waals surface area contributed by atoms with Gasteiger partial charge in [0.15, 0.2) is 5.11 Å². The lowest BCUT2D eigenvalue weighted by Gasteiger charge is -2.29. The normalized spacial score (nSPS) is 16.6. The van der Waals surface area contributed by atoms with Crippen LogP contribution < -0.4 is 10.6 Å². The number of hydrogen-bond acceptors (Lipinski definition) is 5. The molecule has 2 N–H and O–H groups in total. The third-order valence-electron chi connectivity index (χ3n) is 6.77. The molecule has 1 saturated heterocycles. The Kier molecular flexibility index (Phi) is 7.69. The fraction of sp³-hybridized carbons (Fsp3) is 0.200. The number of methoxy groups -OCH3 is 1. The molecule has 2 atom stereocenters. The molecule has 0 radical (unpaired) electrons. The highest BCUT2D eigenvalue weighted by molar-refractivity contribution is 7.80. The molecule has 2 aromatic carbocycles. The van der Waals surface area contributed by atoms with Crippen molar-refractivity contribution < 1.29 is 14.3 Å². The van der Waals surface area contributed by atoms with Crippen LogP contribution in [0.4, 0.5) is 5.69 Å². The minimum atomic E-state index is -0.420. The van der Waals surface area contributed by atoms with E-state index in [9.17, 15) is 9.59 Å². The summed E-state index contributed by atoms with van der Waals surface area (Å²) in [5.74, 6) is -0.524. The van der Waals surface area contributed by atoms with Crippen LogP contribution in [-0.2, 0) is 9.53 Å². The lowest BCUT2D eigenvalue weighted by atomic mass is 10.0. The lowest BCUT2D eigenvalue weighted by molar-refractivity contribution is -0.116. The average molecular weight is 540 g/mol. The Labute approximate surface area is 232 Å². The second-order valence-electron chi connectivity index (χ2n) is 9.30. The van der Waals surface area contributed by atoms with E-state index in [1.807, 2.05) is 89.3 Å². The first-order chi connectivity index (χ1) is 19.0. The molecule has 0 aliphatic carbocycles. The molecule has 4 aromatic rings. The van der Waals surface area contributed by atoms with Gasteiger partial charge in [-0.3, -0.25) is 9.78 Å². The molecule has 2 aromatic heterocycles. The number of benzene rings is 2. The van der Waals surface area contributed by atoms with Crippen molar-refractivity contribution in [2.24, 2.45) is 0 Å². The first kappa shape index (κ1) is 26.1. The van der Waals surface area contributed by atoms with Crippen LogP contribution in [0.25, 0.3) is 5.69 Å². The van der Waals surface area contributed by atoms with E-state index in [4.69, 9.17) is 17.0 Å². The van der Waals surface area contributed by atoms with Crippen molar-refractivity contribution in [1.29, 1.82) is 0 Å². The topological polar surface area (TPSA) is 88.5 Å². The molecule has 8 nitrogen and oxygen atoms in total. The van der Waals surface area contributed by atoms with Crippen molar-refractivity contribution >= 4 is 34.9 Å². The fourth-order valence-corrected chi connectivity index (χ4v) is 5.20. The van der Waals surface area contributed by atoms with E-state index in [0.717, 1.165) is 22.6 Å². The van der Waals surface area contributed by atoms with Crippen molar-refractivity contribution in [2.45, 2.75) is 25.4 Å². The number of thiocarbonyl (C=S) groups is 1. The fourth-order valence-electron chi connectivity index (χ4n) is 4.87. The Balaban J connectivity index is 1.48. The molecule has 1 amide bonds. The number of carbonyl (C=O) groups is 2. The molecular formula is C30H29N5O3S. The SMILES string of the molecule is COC(=O)c1ccccc1-n1cccc1[C@@H]1[C@H](c2ccccn2)NC(=S)N1CCC(=O)Nc1ccc(C)cc1. The summed E-state index contributed by atoms with van der Waals surface area (Å²) in [5.41, 5.74) is 4.74. The van der Waals surface area contributed by atoms with Gasteiger partial charge in [-0.25, -0.2) is 4.79 Å². The Morgan fingerprint density at radius 1 is 1.03 bits per heavy atom. The quantitative estimate of drug-likeness (QED) is 0.241. The van der Waals surface area contributed by atoms with Gasteiger partial charge in [-0.1, -0.05) is 35.9 Å². The largest absolute Gasteiger partial charge is 0.465 e. The molecule has 0 saturated carbocycles. The molecule has 0 bridgehead atoms. The van der Waals surface area contributed by atoms with Crippen molar-refractivity contribution in [1.82, 2.24) is 19.8 Å². The van der Waals surface area contributed by atoms with E-state index in [0.29, 0.717) is 22.9 Å². The highest BCUT2D eigenvalue weighted by Gasteiger charge is 2.41. The number of pyridine rings is 1. The molecule has 1 aliphatic heterocycles. The summed E-state index contributed by atoms with van der Waals surface area (Å²) in [6, 6.07) is 24.2. The third kappa shape index (κ3) is 5.53. The molecule has 198 valence electrons. The van der Waals surface area contributed by atoms with Crippen molar-refractivity contribution in [2.75, 3.05) is 19.0 Å². The van der Waals surface area contributed by atoms with Crippen LogP contribution in [0, 0.1) is 6.92 Å². The van der Waals surface area contributed by atoms with Crippen LogP contribution in [0.2, 0.25) is 0 Å². The maximum Gasteiger partial charge on any atom is 0.339 e. The van der Waals surface area contributed by atoms with Crippen LogP contribution in [0.15, 0.2) is 91.3 Å². The van der Waals surface area contributed by atoms with Crippen molar-refractivity contribution in [3.63, 3.8) is 0 Å². The van der Waals surface area contributed by atoms with Crippen LogP contribution in [0.5, 0.6) is 0 Å². The molecular weight excluding hydrogens is 510 g/mol. The molecule has 0 spiro atoms. The number of aryl methyl sites for hydroxylation is 1. The second kappa shape index (κ2) is 11.5. The number of amides is 1. The summed E-state index contributed by atoms with van der Waals surface area (Å²) in [4.78, 5) is 32.1. The molecule has 5 rings (SSSR count). The second-order valence-corrected chi connectivity index (χ2v) is 9.68. The Morgan fingerprint density at radius 3 is 2.54 bits per heavy atom. The van der Waals surface area contributed by atoms with Gasteiger partial charge in [-0.05, 0) is 67.7 Å². The number of esters is 1. The van der Waals surface area contributed by atoms with E-state index < -0.39 is 5.97 Å². The van der Waals surface area contributed by atoms with Crippen molar-refractivity contribution in [3.8, 4) is 5.69 Å². The summed E-state index contributed by atoms with van der Waals surface area (Å²) in [6.07, 6.45) is 3.90. The van der Waals surface area contributed by atoms with E-state index in [1.54, 1.807) is 18.3 Å². The monoisotopic (exact) mass is 539 g/mol. The van der Waals surface area contributed by atoms with Crippen LogP contribution in [0.3, 0.4) is 0 Å². The highest BCUT2D eigenvalue weighted by atomic mass is 32.1. The lowest BCUT2D eigenvalue weighted by Crippen LogP contribution is -2.33. The molecule has 9 heteroatoms. The maximum absolute atomic E-state index is 12.9. The number of nitrogens with zero attached hydrogens (tertiary/aromatic N) is 3. The molecule has 3 heterocycles. The summed E-state index contributed by atoms with van der Waals surface area (Å²) in [6.45, 7) is 2.39. The number of para-hydroxylation sites is 1. The van der Waals surface area contributed by atoms with Gasteiger partial charge < -0.3 is 24.8 Å². The minimum absolute atomic E-state index is 0.104. The Morgan fingerprint density at radius 2 is 1.79 bits per heavy atom. The summed E-state index contributed by atoms with van der Waals surface area (Å²) >= 11 is 5.78. The average Bonchev–Trinajstić information content (AvgIpc) is 3.57. The number of nitrogens with one attached hydrogen (secondary N) is 2. The minimum Gasteiger partial charge on any atom is -0.465 e. The Hall–Kier alpha value is -4.50. The number of hydrogen-bond donors (Lipinski definition) is 2. The van der Waals surface area contributed by atoms with Crippen LogP contribution in [-0.4, -0.2) is 45.1 Å². The summed E-state index contributed by atoms with van der Waals surface area (Å²) < 4.78 is 7.01. The van der Waals surface area contributed by atoms with E-state index in [-0.39, 0.29) is 24.4 Å². The number of carbonyl (C=O) groups excluding carboxylic acids is 2. The Bertz CT molecular complexity index is 1490. The standard InChI is InChI=1S/C30H29N5O3S/c1-20-12-14-21(15-13-20)32-26(36)16-19-35-28(27(33-30(35)39)23-9-5-6-17-31-23)25-11-7-18-34(25)24-10-4-3-8-22(24)29(37)38-2/h3-15,17-18,27-28H,16,19H2,1-2H3,(H,32,36)(H,33,39)/t27-,28+/m0/s1. The van der Waals surface area contributed by atoms with Crippen LogP contribution >= 0.6 is 12.2 Å². The van der Waals surface area contributed by atoms with Gasteiger partial charge in [-0.15, -0.1) is 0 Å². The van der Waals surface area contributed by atoms with Gasteiger partial charge >= 0.3 is 5.97 Å². The van der Waals surface area contributed by atoms with Gasteiger partial charge in [0.25, 0.3) is 0 Å². The molecule has 39 heavy (non-hydrogen) atoms. The molecule has 1 fully saturated rings. The van der Waals surface area contributed by atoms with Gasteiger partial charge in [0.1, 0.15) is 0 Å². The maximum atomic E-state index is 12.9. The predicted octanol–water partition coefficient (Wildman–Crippen LogP) is 4.97. The van der Waals surface area contributed by atoms with Crippen molar-refractivity contribution in [3.05, 3.63) is 114 Å².